The predicted octanol–water partition coefficient (Wildman–Crippen LogP) is 3.02. The lowest BCUT2D eigenvalue weighted by molar-refractivity contribution is -0.0250. The van der Waals surface area contributed by atoms with Crippen molar-refractivity contribution in [1.82, 2.24) is 5.32 Å². The number of nitrogens with zero attached hydrogens (tertiary/aromatic N) is 1. The number of hydrogen-bond donors (Lipinski definition) is 2. The highest BCUT2D eigenvalue weighted by Gasteiger charge is 2.27. The number of ether oxygens (including phenoxy) is 2. The molecule has 1 saturated heterocycles. The Morgan fingerprint density at radius 1 is 1.42 bits per heavy atom. The van der Waals surface area contributed by atoms with Gasteiger partial charge in [0.25, 0.3) is 0 Å². The quantitative estimate of drug-likeness (QED) is 0.400. The van der Waals surface area contributed by atoms with Crippen LogP contribution in [-0.4, -0.2) is 38.9 Å². The molecule has 6 heteroatoms. The van der Waals surface area contributed by atoms with Crippen LogP contribution in [0, 0.1) is 12.8 Å². The molecule has 0 amide bonds. The number of nitrogens with one attached hydrogen (secondary N) is 1. The van der Waals surface area contributed by atoms with Gasteiger partial charge >= 0.3 is 0 Å². The van der Waals surface area contributed by atoms with E-state index >= 15 is 0 Å². The fraction of sp³-hybridized carbons (Fsp3) is 0.611. The summed E-state index contributed by atoms with van der Waals surface area (Å²) in [7, 11) is 1.68. The summed E-state index contributed by atoms with van der Waals surface area (Å²) < 4.78 is 11.1. The summed E-state index contributed by atoms with van der Waals surface area (Å²) in [6.45, 7) is 6.22. The van der Waals surface area contributed by atoms with Gasteiger partial charge in [-0.15, -0.1) is 24.0 Å². The number of hydrogen-bond acceptors (Lipinski definition) is 3. The lowest BCUT2D eigenvalue weighted by Gasteiger charge is -2.31. The third-order valence-corrected chi connectivity index (χ3v) is 4.16. The number of aliphatic imine (C=N–C) groups is 1. The summed E-state index contributed by atoms with van der Waals surface area (Å²) in [5.74, 6) is 0.840. The fourth-order valence-electron chi connectivity index (χ4n) is 2.96. The molecule has 1 fully saturated rings. The van der Waals surface area contributed by atoms with E-state index in [4.69, 9.17) is 15.2 Å². The van der Waals surface area contributed by atoms with Crippen LogP contribution in [-0.2, 0) is 9.47 Å². The average molecular weight is 447 g/mol. The van der Waals surface area contributed by atoms with Gasteiger partial charge < -0.3 is 20.5 Å². The van der Waals surface area contributed by atoms with Crippen molar-refractivity contribution in [1.29, 1.82) is 0 Å². The maximum Gasteiger partial charge on any atom is 0.188 e. The van der Waals surface area contributed by atoms with E-state index in [1.165, 1.54) is 11.1 Å². The van der Waals surface area contributed by atoms with Crippen LogP contribution in [0.4, 0.5) is 0 Å². The van der Waals surface area contributed by atoms with Gasteiger partial charge in [-0.25, -0.2) is 0 Å². The summed E-state index contributed by atoms with van der Waals surface area (Å²) in [4.78, 5) is 4.51. The van der Waals surface area contributed by atoms with E-state index in [1.54, 1.807) is 7.11 Å². The van der Waals surface area contributed by atoms with Crippen molar-refractivity contribution < 1.29 is 9.47 Å². The molecule has 2 rings (SSSR count). The summed E-state index contributed by atoms with van der Waals surface area (Å²) >= 11 is 0. The number of rotatable bonds is 6. The minimum atomic E-state index is 0. The summed E-state index contributed by atoms with van der Waals surface area (Å²) in [5.41, 5.74) is 8.46. The maximum absolute atomic E-state index is 6.02. The largest absolute Gasteiger partial charge is 0.383 e. The molecule has 24 heavy (non-hydrogen) atoms. The van der Waals surface area contributed by atoms with Gasteiger partial charge in [0, 0.05) is 32.2 Å². The Morgan fingerprint density at radius 3 is 2.79 bits per heavy atom. The molecule has 1 aliphatic rings. The molecule has 3 N–H and O–H groups in total. The van der Waals surface area contributed by atoms with Crippen molar-refractivity contribution in [2.24, 2.45) is 16.6 Å². The molecule has 1 aliphatic heterocycles. The zero-order chi connectivity index (χ0) is 16.7. The topological polar surface area (TPSA) is 68.9 Å². The number of guanidine groups is 1. The van der Waals surface area contributed by atoms with Crippen LogP contribution in [0.5, 0.6) is 0 Å². The molecule has 0 aliphatic carbocycles. The second kappa shape index (κ2) is 10.9. The smallest absolute Gasteiger partial charge is 0.188 e. The number of aryl methyl sites for hydroxylation is 1. The van der Waals surface area contributed by atoms with Crippen molar-refractivity contribution >= 4 is 29.9 Å². The first-order chi connectivity index (χ1) is 11.1. The molecular weight excluding hydrogens is 417 g/mol. The lowest BCUT2D eigenvalue weighted by atomic mass is 9.89. The second-order valence-corrected chi connectivity index (χ2v) is 6.33. The van der Waals surface area contributed by atoms with Crippen LogP contribution in [0.25, 0.3) is 0 Å². The normalized spacial score (nSPS) is 22.5. The zero-order valence-electron chi connectivity index (χ0n) is 14.8. The van der Waals surface area contributed by atoms with Crippen molar-refractivity contribution in [3.8, 4) is 0 Å². The first kappa shape index (κ1) is 21.2. The molecule has 3 unspecified atom stereocenters. The number of halogens is 1. The van der Waals surface area contributed by atoms with Crippen LogP contribution >= 0.6 is 24.0 Å². The molecule has 0 spiro atoms. The third kappa shape index (κ3) is 6.57. The molecule has 1 heterocycles. The van der Waals surface area contributed by atoms with Crippen LogP contribution in [0.15, 0.2) is 29.3 Å². The summed E-state index contributed by atoms with van der Waals surface area (Å²) in [6, 6.07) is 8.74. The SMILES string of the molecule is COCC(C)NC(N)=NCC1CCCOC1c1ccc(C)cc1.I. The highest BCUT2D eigenvalue weighted by Crippen LogP contribution is 2.33. The molecule has 0 aromatic heterocycles. The summed E-state index contributed by atoms with van der Waals surface area (Å²) in [6.07, 6.45) is 2.30. The molecule has 1 aromatic rings. The first-order valence-electron chi connectivity index (χ1n) is 8.33. The van der Waals surface area contributed by atoms with E-state index in [9.17, 15) is 0 Å². The number of methoxy groups -OCH3 is 1. The van der Waals surface area contributed by atoms with Gasteiger partial charge in [-0.2, -0.15) is 0 Å². The first-order valence-corrected chi connectivity index (χ1v) is 8.33. The second-order valence-electron chi connectivity index (χ2n) is 6.33. The van der Waals surface area contributed by atoms with Gasteiger partial charge in [0.15, 0.2) is 5.96 Å². The van der Waals surface area contributed by atoms with E-state index in [1.807, 2.05) is 6.92 Å². The maximum atomic E-state index is 6.02. The van der Waals surface area contributed by atoms with Crippen LogP contribution in [0.1, 0.15) is 37.0 Å². The number of nitrogens with two attached hydrogens (primary N) is 1. The molecule has 0 bridgehead atoms. The monoisotopic (exact) mass is 447 g/mol. The van der Waals surface area contributed by atoms with Crippen molar-refractivity contribution in [2.75, 3.05) is 26.9 Å². The van der Waals surface area contributed by atoms with Gasteiger partial charge in [-0.1, -0.05) is 29.8 Å². The molecular formula is C18H30IN3O2. The molecule has 136 valence electrons. The van der Waals surface area contributed by atoms with Gasteiger partial charge in [-0.3, -0.25) is 4.99 Å². The number of benzene rings is 1. The van der Waals surface area contributed by atoms with Crippen molar-refractivity contribution in [2.45, 2.75) is 38.8 Å². The molecule has 0 saturated carbocycles. The Bertz CT molecular complexity index is 507. The van der Waals surface area contributed by atoms with E-state index in [0.717, 1.165) is 19.4 Å². The molecule has 1 aromatic carbocycles. The van der Waals surface area contributed by atoms with E-state index in [-0.39, 0.29) is 36.1 Å². The van der Waals surface area contributed by atoms with Crippen LogP contribution < -0.4 is 11.1 Å². The van der Waals surface area contributed by atoms with Crippen molar-refractivity contribution in [3.63, 3.8) is 0 Å². The Kier molecular flexibility index (Phi) is 9.61. The van der Waals surface area contributed by atoms with Crippen LogP contribution in [0.3, 0.4) is 0 Å². The Hall–Kier alpha value is -0.860. The molecule has 3 atom stereocenters. The van der Waals surface area contributed by atoms with Crippen molar-refractivity contribution in [3.05, 3.63) is 35.4 Å². The Morgan fingerprint density at radius 2 is 2.12 bits per heavy atom. The minimum absolute atomic E-state index is 0. The van der Waals surface area contributed by atoms with E-state index < -0.39 is 0 Å². The van der Waals surface area contributed by atoms with Gasteiger partial charge in [0.1, 0.15) is 0 Å². The van der Waals surface area contributed by atoms with Gasteiger partial charge in [-0.05, 0) is 32.3 Å². The predicted molar refractivity (Wildman–Crippen MR) is 109 cm³/mol. The lowest BCUT2D eigenvalue weighted by Crippen LogP contribution is -2.41. The highest BCUT2D eigenvalue weighted by molar-refractivity contribution is 14.0. The van der Waals surface area contributed by atoms with E-state index in [2.05, 4.69) is 41.5 Å². The minimum Gasteiger partial charge on any atom is -0.383 e. The zero-order valence-corrected chi connectivity index (χ0v) is 17.2. The van der Waals surface area contributed by atoms with E-state index in [0.29, 0.717) is 25.0 Å². The Balaban J connectivity index is 0.00000288. The van der Waals surface area contributed by atoms with Gasteiger partial charge in [0.05, 0.1) is 12.7 Å². The third-order valence-electron chi connectivity index (χ3n) is 4.16. The van der Waals surface area contributed by atoms with Crippen LogP contribution in [0.2, 0.25) is 0 Å². The van der Waals surface area contributed by atoms with Gasteiger partial charge in [0.2, 0.25) is 0 Å². The summed E-state index contributed by atoms with van der Waals surface area (Å²) in [5, 5.41) is 3.14. The Labute approximate surface area is 162 Å². The fourth-order valence-corrected chi connectivity index (χ4v) is 2.96. The molecule has 5 nitrogen and oxygen atoms in total. The highest BCUT2D eigenvalue weighted by atomic mass is 127. The molecule has 0 radical (unpaired) electrons. The average Bonchev–Trinajstić information content (AvgIpc) is 2.54. The standard InChI is InChI=1S/C18H29N3O2.HI/c1-13-6-8-15(9-7-13)17-16(5-4-10-23-17)11-20-18(19)21-14(2)12-22-3;/h6-9,14,16-17H,4-5,10-12H2,1-3H3,(H3,19,20,21);1H.